The van der Waals surface area contributed by atoms with Gasteiger partial charge in [-0.25, -0.2) is 8.78 Å². The molecule has 0 saturated carbocycles. The first-order valence-electron chi connectivity index (χ1n) is 4.63. The molecule has 1 rings (SSSR count). The summed E-state index contributed by atoms with van der Waals surface area (Å²) in [5.41, 5.74) is 5.31. The fraction of sp³-hybridized carbons (Fsp3) is 0.400. The highest BCUT2D eigenvalue weighted by Crippen LogP contribution is 2.27. The van der Waals surface area contributed by atoms with Gasteiger partial charge in [0, 0.05) is 5.56 Å². The minimum atomic E-state index is -1.64. The van der Waals surface area contributed by atoms with Gasteiger partial charge < -0.3 is 10.8 Å². The van der Waals surface area contributed by atoms with E-state index in [1.807, 2.05) is 0 Å². The SMILES string of the molecule is NCCCCc1cc(F)c(F)c(F)c1O. The van der Waals surface area contributed by atoms with Crippen LogP contribution in [0.25, 0.3) is 0 Å². The molecule has 5 heteroatoms. The summed E-state index contributed by atoms with van der Waals surface area (Å²) in [6, 6.07) is 0.810. The van der Waals surface area contributed by atoms with Crippen molar-refractivity contribution in [3.05, 3.63) is 29.1 Å². The van der Waals surface area contributed by atoms with Gasteiger partial charge in [-0.3, -0.25) is 0 Å². The number of aromatic hydroxyl groups is 1. The second-order valence-corrected chi connectivity index (χ2v) is 3.24. The van der Waals surface area contributed by atoms with Crippen molar-refractivity contribution in [3.63, 3.8) is 0 Å². The highest BCUT2D eigenvalue weighted by molar-refractivity contribution is 5.35. The molecule has 0 spiro atoms. The van der Waals surface area contributed by atoms with E-state index in [1.165, 1.54) is 0 Å². The quantitative estimate of drug-likeness (QED) is 0.601. The molecule has 2 nitrogen and oxygen atoms in total. The standard InChI is InChI=1S/C10H12F3NO/c11-7-5-6(3-1-2-4-14)10(15)9(13)8(7)12/h5,15H,1-4,14H2. The maximum atomic E-state index is 12.9. The molecule has 1 aromatic carbocycles. The van der Waals surface area contributed by atoms with Gasteiger partial charge in [-0.15, -0.1) is 0 Å². The number of hydrogen-bond acceptors (Lipinski definition) is 2. The monoisotopic (exact) mass is 219 g/mol. The smallest absolute Gasteiger partial charge is 0.203 e. The van der Waals surface area contributed by atoms with E-state index in [0.717, 1.165) is 6.07 Å². The molecule has 0 amide bonds. The summed E-state index contributed by atoms with van der Waals surface area (Å²) in [5, 5.41) is 9.19. The number of phenols is 1. The van der Waals surface area contributed by atoms with Gasteiger partial charge in [0.2, 0.25) is 5.82 Å². The van der Waals surface area contributed by atoms with Crippen LogP contribution >= 0.6 is 0 Å². The molecule has 0 radical (unpaired) electrons. The van der Waals surface area contributed by atoms with Gasteiger partial charge in [0.25, 0.3) is 0 Å². The number of unbranched alkanes of at least 4 members (excludes halogenated alkanes) is 1. The summed E-state index contributed by atoms with van der Waals surface area (Å²) in [6.07, 6.45) is 1.55. The van der Waals surface area contributed by atoms with E-state index in [1.54, 1.807) is 0 Å². The van der Waals surface area contributed by atoms with Crippen molar-refractivity contribution in [1.82, 2.24) is 0 Å². The molecule has 0 heterocycles. The fourth-order valence-corrected chi connectivity index (χ4v) is 1.28. The number of rotatable bonds is 4. The normalized spacial score (nSPS) is 10.7. The van der Waals surface area contributed by atoms with Crippen LogP contribution in [0.5, 0.6) is 5.75 Å². The molecule has 15 heavy (non-hydrogen) atoms. The number of aryl methyl sites for hydroxylation is 1. The molecule has 0 aliphatic heterocycles. The van der Waals surface area contributed by atoms with E-state index in [4.69, 9.17) is 5.73 Å². The molecule has 0 unspecified atom stereocenters. The predicted molar refractivity (Wildman–Crippen MR) is 50.0 cm³/mol. The van der Waals surface area contributed by atoms with Crippen LogP contribution in [0.15, 0.2) is 6.07 Å². The molecule has 0 bridgehead atoms. The molecule has 1 aromatic rings. The first-order chi connectivity index (χ1) is 7.07. The molecule has 0 aliphatic rings. The van der Waals surface area contributed by atoms with E-state index in [9.17, 15) is 18.3 Å². The molecular weight excluding hydrogens is 207 g/mol. The predicted octanol–water partition coefficient (Wildman–Crippen LogP) is 2.09. The summed E-state index contributed by atoms with van der Waals surface area (Å²) in [7, 11) is 0. The summed E-state index contributed by atoms with van der Waals surface area (Å²) < 4.78 is 38.3. The first kappa shape index (κ1) is 11.8. The van der Waals surface area contributed by atoms with Gasteiger partial charge in [0.15, 0.2) is 17.4 Å². The van der Waals surface area contributed by atoms with Gasteiger partial charge >= 0.3 is 0 Å². The molecule has 0 saturated heterocycles. The van der Waals surface area contributed by atoms with Gasteiger partial charge in [0.05, 0.1) is 0 Å². The number of benzene rings is 1. The second kappa shape index (κ2) is 5.02. The van der Waals surface area contributed by atoms with E-state index >= 15 is 0 Å². The van der Waals surface area contributed by atoms with E-state index in [2.05, 4.69) is 0 Å². The number of hydrogen-bond donors (Lipinski definition) is 2. The lowest BCUT2D eigenvalue weighted by Gasteiger charge is -2.06. The van der Waals surface area contributed by atoms with Crippen molar-refractivity contribution < 1.29 is 18.3 Å². The molecule has 0 atom stereocenters. The highest BCUT2D eigenvalue weighted by Gasteiger charge is 2.17. The third-order valence-electron chi connectivity index (χ3n) is 2.12. The van der Waals surface area contributed by atoms with E-state index in [0.29, 0.717) is 19.4 Å². The average Bonchev–Trinajstić information content (AvgIpc) is 2.23. The molecule has 84 valence electrons. The average molecular weight is 219 g/mol. The second-order valence-electron chi connectivity index (χ2n) is 3.24. The molecule has 0 aliphatic carbocycles. The van der Waals surface area contributed by atoms with Crippen molar-refractivity contribution in [2.45, 2.75) is 19.3 Å². The van der Waals surface area contributed by atoms with Crippen molar-refractivity contribution >= 4 is 0 Å². The third kappa shape index (κ3) is 2.62. The van der Waals surface area contributed by atoms with Crippen LogP contribution in [0.3, 0.4) is 0 Å². The molecule has 0 aromatic heterocycles. The van der Waals surface area contributed by atoms with Crippen molar-refractivity contribution in [3.8, 4) is 5.75 Å². The van der Waals surface area contributed by atoms with Crippen molar-refractivity contribution in [1.29, 1.82) is 0 Å². The van der Waals surface area contributed by atoms with Gasteiger partial charge in [-0.05, 0) is 31.9 Å². The van der Waals surface area contributed by atoms with Crippen LogP contribution in [0.2, 0.25) is 0 Å². The Bertz CT molecular complexity index is 355. The molecule has 3 N–H and O–H groups in total. The van der Waals surface area contributed by atoms with Gasteiger partial charge in [-0.1, -0.05) is 0 Å². The summed E-state index contributed by atoms with van der Waals surface area (Å²) in [6.45, 7) is 0.465. The maximum absolute atomic E-state index is 12.9. The van der Waals surface area contributed by atoms with Gasteiger partial charge in [0.1, 0.15) is 0 Å². The zero-order valence-corrected chi connectivity index (χ0v) is 8.06. The Balaban J connectivity index is 2.89. The van der Waals surface area contributed by atoms with Crippen LogP contribution in [-0.4, -0.2) is 11.7 Å². The zero-order chi connectivity index (χ0) is 11.4. The molecular formula is C10H12F3NO. The highest BCUT2D eigenvalue weighted by atomic mass is 19.2. The topological polar surface area (TPSA) is 46.2 Å². The number of phenolic OH excluding ortho intramolecular Hbond substituents is 1. The maximum Gasteiger partial charge on any atom is 0.203 e. The summed E-state index contributed by atoms with van der Waals surface area (Å²) >= 11 is 0. The van der Waals surface area contributed by atoms with Crippen LogP contribution in [-0.2, 0) is 6.42 Å². The minimum absolute atomic E-state index is 0.0693. The van der Waals surface area contributed by atoms with Crippen LogP contribution in [0.4, 0.5) is 13.2 Å². The first-order valence-corrected chi connectivity index (χ1v) is 4.63. The van der Waals surface area contributed by atoms with Crippen LogP contribution in [0.1, 0.15) is 18.4 Å². The van der Waals surface area contributed by atoms with E-state index in [-0.39, 0.29) is 12.0 Å². The zero-order valence-electron chi connectivity index (χ0n) is 8.06. The minimum Gasteiger partial charge on any atom is -0.505 e. The number of halogens is 3. The Hall–Kier alpha value is -1.23. The third-order valence-corrected chi connectivity index (χ3v) is 2.12. The Morgan fingerprint density at radius 3 is 2.40 bits per heavy atom. The Labute approximate surface area is 85.5 Å². The van der Waals surface area contributed by atoms with Crippen LogP contribution < -0.4 is 5.73 Å². The lowest BCUT2D eigenvalue weighted by atomic mass is 10.1. The van der Waals surface area contributed by atoms with E-state index < -0.39 is 23.2 Å². The summed E-state index contributed by atoms with van der Waals surface area (Å²) in [5.74, 6) is -5.27. The lowest BCUT2D eigenvalue weighted by molar-refractivity contribution is 0.381. The summed E-state index contributed by atoms with van der Waals surface area (Å²) in [4.78, 5) is 0. The Morgan fingerprint density at radius 1 is 1.13 bits per heavy atom. The molecule has 0 fully saturated rings. The Morgan fingerprint density at radius 2 is 1.80 bits per heavy atom. The lowest BCUT2D eigenvalue weighted by Crippen LogP contribution is -2.01. The number of nitrogens with two attached hydrogens (primary N) is 1. The Kier molecular flexibility index (Phi) is 3.96. The van der Waals surface area contributed by atoms with Crippen LogP contribution in [0, 0.1) is 17.5 Å². The fourth-order valence-electron chi connectivity index (χ4n) is 1.28. The van der Waals surface area contributed by atoms with Crippen molar-refractivity contribution in [2.24, 2.45) is 5.73 Å². The van der Waals surface area contributed by atoms with Crippen molar-refractivity contribution in [2.75, 3.05) is 6.54 Å². The largest absolute Gasteiger partial charge is 0.505 e. The van der Waals surface area contributed by atoms with Gasteiger partial charge in [-0.2, -0.15) is 4.39 Å².